The molecule has 1 aliphatic rings. The molecule has 0 aromatic heterocycles. The van der Waals surface area contributed by atoms with Gasteiger partial charge in [-0.25, -0.2) is 4.99 Å². The van der Waals surface area contributed by atoms with Gasteiger partial charge in [-0.1, -0.05) is 72.3 Å². The molecule has 1 atom stereocenters. The standard InChI is InChI=1S/C23H21ClN2/c1-17-25-22-13-12-20(24)16-21(22)23(19-10-6-3-7-11-19)26(17)15-14-18-8-4-2-5-9-18/h2-13,16,23H,14-15H2,1H3. The van der Waals surface area contributed by atoms with Gasteiger partial charge in [-0.15, -0.1) is 0 Å². The second kappa shape index (κ2) is 7.35. The zero-order valence-electron chi connectivity index (χ0n) is 14.8. The van der Waals surface area contributed by atoms with Crippen LogP contribution in [-0.4, -0.2) is 17.3 Å². The van der Waals surface area contributed by atoms with Gasteiger partial charge in [-0.3, -0.25) is 0 Å². The topological polar surface area (TPSA) is 15.6 Å². The number of nitrogens with zero attached hydrogens (tertiary/aromatic N) is 2. The van der Waals surface area contributed by atoms with Gasteiger partial charge in [0.2, 0.25) is 0 Å². The number of hydrogen-bond acceptors (Lipinski definition) is 2. The minimum absolute atomic E-state index is 0.131. The van der Waals surface area contributed by atoms with E-state index in [0.717, 1.165) is 29.5 Å². The summed E-state index contributed by atoms with van der Waals surface area (Å²) in [5.74, 6) is 1.05. The molecule has 0 saturated heterocycles. The van der Waals surface area contributed by atoms with E-state index in [2.05, 4.69) is 78.6 Å². The van der Waals surface area contributed by atoms with Gasteiger partial charge in [-0.2, -0.15) is 0 Å². The average Bonchev–Trinajstić information content (AvgIpc) is 2.68. The average molecular weight is 361 g/mol. The molecule has 2 nitrogen and oxygen atoms in total. The lowest BCUT2D eigenvalue weighted by Crippen LogP contribution is -2.37. The lowest BCUT2D eigenvalue weighted by molar-refractivity contribution is 0.353. The fraction of sp³-hybridized carbons (Fsp3) is 0.174. The molecular weight excluding hydrogens is 340 g/mol. The summed E-state index contributed by atoms with van der Waals surface area (Å²) in [5.41, 5.74) is 4.78. The van der Waals surface area contributed by atoms with E-state index < -0.39 is 0 Å². The van der Waals surface area contributed by atoms with Crippen LogP contribution in [0, 0.1) is 0 Å². The Hall–Kier alpha value is -2.58. The highest BCUT2D eigenvalue weighted by atomic mass is 35.5. The van der Waals surface area contributed by atoms with Gasteiger partial charge in [-0.05, 0) is 42.7 Å². The molecule has 1 aliphatic heterocycles. The van der Waals surface area contributed by atoms with E-state index in [4.69, 9.17) is 16.6 Å². The maximum Gasteiger partial charge on any atom is 0.102 e. The van der Waals surface area contributed by atoms with Gasteiger partial charge < -0.3 is 4.90 Å². The number of halogens is 1. The third-order valence-electron chi connectivity index (χ3n) is 4.89. The Labute approximate surface area is 159 Å². The predicted molar refractivity (Wildman–Crippen MR) is 109 cm³/mol. The van der Waals surface area contributed by atoms with Gasteiger partial charge >= 0.3 is 0 Å². The van der Waals surface area contributed by atoms with Gasteiger partial charge in [0.05, 0.1) is 11.7 Å². The lowest BCUT2D eigenvalue weighted by Gasteiger charge is -2.38. The van der Waals surface area contributed by atoms with Crippen LogP contribution in [0.1, 0.15) is 29.7 Å². The third kappa shape index (κ3) is 3.38. The fourth-order valence-electron chi connectivity index (χ4n) is 3.62. The quantitative estimate of drug-likeness (QED) is 0.554. The molecule has 3 aromatic rings. The highest BCUT2D eigenvalue weighted by molar-refractivity contribution is 6.30. The second-order valence-electron chi connectivity index (χ2n) is 6.60. The van der Waals surface area contributed by atoms with Crippen molar-refractivity contribution in [2.75, 3.05) is 6.54 Å². The largest absolute Gasteiger partial charge is 0.349 e. The van der Waals surface area contributed by atoms with Crippen molar-refractivity contribution in [3.63, 3.8) is 0 Å². The number of aliphatic imine (C=N–C) groups is 1. The van der Waals surface area contributed by atoms with E-state index in [9.17, 15) is 0 Å². The molecule has 1 unspecified atom stereocenters. The van der Waals surface area contributed by atoms with Crippen LogP contribution >= 0.6 is 11.6 Å². The Morgan fingerprint density at radius 2 is 1.62 bits per heavy atom. The van der Waals surface area contributed by atoms with E-state index in [1.54, 1.807) is 0 Å². The van der Waals surface area contributed by atoms with Crippen molar-refractivity contribution in [3.8, 4) is 0 Å². The minimum Gasteiger partial charge on any atom is -0.349 e. The van der Waals surface area contributed by atoms with Gasteiger partial charge in [0.25, 0.3) is 0 Å². The molecule has 3 heteroatoms. The molecule has 0 aliphatic carbocycles. The van der Waals surface area contributed by atoms with Gasteiger partial charge in [0.15, 0.2) is 0 Å². The smallest absolute Gasteiger partial charge is 0.102 e. The summed E-state index contributed by atoms with van der Waals surface area (Å²) in [5, 5.41) is 0.752. The van der Waals surface area contributed by atoms with E-state index in [1.165, 1.54) is 16.7 Å². The first-order valence-electron chi connectivity index (χ1n) is 8.92. The second-order valence-corrected chi connectivity index (χ2v) is 7.04. The fourth-order valence-corrected chi connectivity index (χ4v) is 3.80. The Morgan fingerprint density at radius 3 is 2.35 bits per heavy atom. The molecule has 4 rings (SSSR count). The Bertz CT molecular complexity index is 919. The first-order chi connectivity index (χ1) is 12.7. The zero-order chi connectivity index (χ0) is 17.9. The van der Waals surface area contributed by atoms with Crippen LogP contribution in [0.2, 0.25) is 5.02 Å². The van der Waals surface area contributed by atoms with Gasteiger partial charge in [0.1, 0.15) is 5.84 Å². The summed E-state index contributed by atoms with van der Waals surface area (Å²) in [6.45, 7) is 3.00. The van der Waals surface area contributed by atoms with Crippen LogP contribution in [0.25, 0.3) is 0 Å². The van der Waals surface area contributed by atoms with E-state index >= 15 is 0 Å². The molecule has 0 N–H and O–H groups in total. The van der Waals surface area contributed by atoms with Crippen LogP contribution in [0.4, 0.5) is 5.69 Å². The van der Waals surface area contributed by atoms with Crippen LogP contribution in [0.3, 0.4) is 0 Å². The lowest BCUT2D eigenvalue weighted by atomic mass is 9.93. The minimum atomic E-state index is 0.131. The summed E-state index contributed by atoms with van der Waals surface area (Å²) in [6.07, 6.45) is 0.979. The highest BCUT2D eigenvalue weighted by Gasteiger charge is 2.29. The monoisotopic (exact) mass is 360 g/mol. The summed E-state index contributed by atoms with van der Waals surface area (Å²) >= 11 is 6.32. The molecule has 0 bridgehead atoms. The first-order valence-corrected chi connectivity index (χ1v) is 9.30. The molecule has 0 amide bonds. The molecular formula is C23H21ClN2. The maximum absolute atomic E-state index is 6.32. The number of hydrogen-bond donors (Lipinski definition) is 0. The first kappa shape index (κ1) is 16.9. The molecule has 0 saturated carbocycles. The number of rotatable bonds is 4. The molecule has 1 heterocycles. The predicted octanol–water partition coefficient (Wildman–Crippen LogP) is 6.04. The zero-order valence-corrected chi connectivity index (χ0v) is 15.5. The Kier molecular flexibility index (Phi) is 4.77. The number of fused-ring (bicyclic) bond motifs is 1. The van der Waals surface area contributed by atoms with Crippen LogP contribution in [0.5, 0.6) is 0 Å². The number of amidine groups is 1. The van der Waals surface area contributed by atoms with Crippen molar-refractivity contribution >= 4 is 23.1 Å². The Morgan fingerprint density at radius 1 is 0.923 bits per heavy atom. The molecule has 3 aromatic carbocycles. The Balaban J connectivity index is 1.73. The van der Waals surface area contributed by atoms with E-state index in [0.29, 0.717) is 0 Å². The number of benzene rings is 3. The highest BCUT2D eigenvalue weighted by Crippen LogP contribution is 2.40. The van der Waals surface area contributed by atoms with E-state index in [-0.39, 0.29) is 6.04 Å². The van der Waals surface area contributed by atoms with Crippen molar-refractivity contribution in [3.05, 3.63) is 101 Å². The SMILES string of the molecule is CC1=Nc2ccc(Cl)cc2C(c2ccccc2)N1CCc1ccccc1. The van der Waals surface area contributed by atoms with Crippen molar-refractivity contribution in [1.29, 1.82) is 0 Å². The van der Waals surface area contributed by atoms with Crippen molar-refractivity contribution in [1.82, 2.24) is 4.90 Å². The summed E-state index contributed by atoms with van der Waals surface area (Å²) in [4.78, 5) is 7.23. The third-order valence-corrected chi connectivity index (χ3v) is 5.13. The van der Waals surface area contributed by atoms with Crippen molar-refractivity contribution in [2.24, 2.45) is 4.99 Å². The molecule has 130 valence electrons. The maximum atomic E-state index is 6.32. The molecule has 0 radical (unpaired) electrons. The molecule has 0 spiro atoms. The van der Waals surface area contributed by atoms with Crippen molar-refractivity contribution < 1.29 is 0 Å². The summed E-state index contributed by atoms with van der Waals surface area (Å²) in [7, 11) is 0. The van der Waals surface area contributed by atoms with Crippen LogP contribution in [0.15, 0.2) is 83.9 Å². The summed E-state index contributed by atoms with van der Waals surface area (Å²) in [6, 6.07) is 27.3. The molecule has 26 heavy (non-hydrogen) atoms. The normalized spacial score (nSPS) is 16.2. The van der Waals surface area contributed by atoms with Crippen LogP contribution in [-0.2, 0) is 6.42 Å². The van der Waals surface area contributed by atoms with Crippen LogP contribution < -0.4 is 0 Å². The van der Waals surface area contributed by atoms with E-state index in [1.807, 2.05) is 12.1 Å². The van der Waals surface area contributed by atoms with Gasteiger partial charge in [0, 0.05) is 17.1 Å². The molecule has 0 fully saturated rings. The van der Waals surface area contributed by atoms with Crippen molar-refractivity contribution in [2.45, 2.75) is 19.4 Å². The summed E-state index contributed by atoms with van der Waals surface area (Å²) < 4.78 is 0.